The molecule has 0 atom stereocenters. The molecule has 0 spiro atoms. The minimum atomic E-state index is -4.05. The molecule has 9 heteroatoms. The number of amidine groups is 1. The third-order valence-electron chi connectivity index (χ3n) is 5.26. The van der Waals surface area contributed by atoms with Gasteiger partial charge in [0.25, 0.3) is 20.0 Å². The van der Waals surface area contributed by atoms with Crippen molar-refractivity contribution in [2.45, 2.75) is 62.2 Å². The number of thioether (sulfide) groups is 1. The fourth-order valence-corrected chi connectivity index (χ4v) is 7.24. The number of rotatable bonds is 4. The van der Waals surface area contributed by atoms with Crippen molar-refractivity contribution in [3.63, 3.8) is 0 Å². The van der Waals surface area contributed by atoms with Gasteiger partial charge >= 0.3 is 0 Å². The van der Waals surface area contributed by atoms with Crippen molar-refractivity contribution in [1.29, 1.82) is 0 Å². The van der Waals surface area contributed by atoms with Crippen LogP contribution in [0, 0.1) is 0 Å². The average molecular weight is 495 g/mol. The van der Waals surface area contributed by atoms with E-state index in [0.29, 0.717) is 5.75 Å². The van der Waals surface area contributed by atoms with Crippen molar-refractivity contribution in [3.05, 3.63) is 59.7 Å². The number of hydrogen-bond donors (Lipinski definition) is 0. The van der Waals surface area contributed by atoms with Crippen LogP contribution in [-0.4, -0.2) is 38.6 Å². The van der Waals surface area contributed by atoms with Gasteiger partial charge in [-0.2, -0.15) is 8.42 Å². The monoisotopic (exact) mass is 494 g/mol. The molecule has 0 aliphatic carbocycles. The molecule has 1 aliphatic rings. The maximum absolute atomic E-state index is 13.2. The summed E-state index contributed by atoms with van der Waals surface area (Å²) in [6.45, 7) is 12.5. The Bertz CT molecular complexity index is 1220. The molecule has 0 saturated carbocycles. The van der Waals surface area contributed by atoms with E-state index in [1.54, 1.807) is 36.4 Å². The molecule has 0 bridgehead atoms. The van der Waals surface area contributed by atoms with Crippen LogP contribution in [0.5, 0.6) is 0 Å². The largest absolute Gasteiger partial charge is 0.284 e. The highest BCUT2D eigenvalue weighted by Gasteiger charge is 2.34. The van der Waals surface area contributed by atoms with E-state index in [4.69, 9.17) is 0 Å². The van der Waals surface area contributed by atoms with Crippen LogP contribution in [0.15, 0.2) is 62.7 Å². The third-order valence-corrected chi connectivity index (χ3v) is 9.54. The molecule has 0 radical (unpaired) electrons. The average Bonchev–Trinajstić information content (AvgIpc) is 3.15. The van der Waals surface area contributed by atoms with Gasteiger partial charge in [-0.1, -0.05) is 77.6 Å². The van der Waals surface area contributed by atoms with E-state index in [1.165, 1.54) is 12.1 Å². The van der Waals surface area contributed by atoms with Gasteiger partial charge in [-0.25, -0.2) is 12.7 Å². The smallest absolute Gasteiger partial charge is 0.243 e. The Balaban J connectivity index is 1.93. The molecule has 0 amide bonds. The zero-order chi connectivity index (χ0) is 23.9. The molecule has 0 unspecified atom stereocenters. The quantitative estimate of drug-likeness (QED) is 0.612. The summed E-state index contributed by atoms with van der Waals surface area (Å²) in [5.41, 5.74) is 1.81. The predicted molar refractivity (Wildman–Crippen MR) is 131 cm³/mol. The minimum Gasteiger partial charge on any atom is -0.243 e. The third kappa shape index (κ3) is 5.21. The van der Waals surface area contributed by atoms with Crippen LogP contribution >= 0.6 is 11.8 Å². The van der Waals surface area contributed by atoms with Crippen molar-refractivity contribution in [2.75, 3.05) is 12.3 Å². The minimum absolute atomic E-state index is 0.0233. The summed E-state index contributed by atoms with van der Waals surface area (Å²) in [6.07, 6.45) is 0. The number of hydrogen-bond acceptors (Lipinski definition) is 5. The van der Waals surface area contributed by atoms with Gasteiger partial charge in [0.15, 0.2) is 5.17 Å². The van der Waals surface area contributed by atoms with E-state index >= 15 is 0 Å². The summed E-state index contributed by atoms with van der Waals surface area (Å²) < 4.78 is 57.2. The summed E-state index contributed by atoms with van der Waals surface area (Å²) in [5, 5.41) is -0.0233. The molecular weight excluding hydrogens is 464 g/mol. The van der Waals surface area contributed by atoms with Crippen LogP contribution in [-0.2, 0) is 30.9 Å². The lowest BCUT2D eigenvalue weighted by atomic mass is 9.87. The Hall–Kier alpha value is -1.84. The fraction of sp³-hybridized carbons (Fsp3) is 0.435. The van der Waals surface area contributed by atoms with Gasteiger partial charge in [0.2, 0.25) is 0 Å². The molecule has 1 fully saturated rings. The highest BCUT2D eigenvalue weighted by molar-refractivity contribution is 8.16. The van der Waals surface area contributed by atoms with E-state index < -0.39 is 20.0 Å². The Morgan fingerprint density at radius 1 is 0.750 bits per heavy atom. The lowest BCUT2D eigenvalue weighted by Gasteiger charge is -2.21. The highest BCUT2D eigenvalue weighted by atomic mass is 32.2. The van der Waals surface area contributed by atoms with Crippen LogP contribution in [0.3, 0.4) is 0 Å². The van der Waals surface area contributed by atoms with E-state index in [2.05, 4.69) is 25.2 Å². The SMILES string of the molecule is CC(C)(C)c1ccc(S(=O)(=O)/N=C2\SCCN2S(=O)(=O)c2ccc(C(C)(C)C)cc2)cc1. The van der Waals surface area contributed by atoms with E-state index in [9.17, 15) is 16.8 Å². The molecule has 0 aromatic heterocycles. The Morgan fingerprint density at radius 2 is 1.19 bits per heavy atom. The van der Waals surface area contributed by atoms with Crippen molar-refractivity contribution < 1.29 is 16.8 Å². The molecule has 32 heavy (non-hydrogen) atoms. The van der Waals surface area contributed by atoms with Crippen LogP contribution in [0.4, 0.5) is 0 Å². The molecule has 2 aromatic carbocycles. The normalized spacial score (nSPS) is 17.2. The second-order valence-electron chi connectivity index (χ2n) is 9.82. The van der Waals surface area contributed by atoms with Crippen molar-refractivity contribution in [3.8, 4) is 0 Å². The second kappa shape index (κ2) is 8.50. The zero-order valence-electron chi connectivity index (χ0n) is 19.3. The first-order chi connectivity index (χ1) is 14.6. The first kappa shape index (κ1) is 24.8. The van der Waals surface area contributed by atoms with Gasteiger partial charge in [0.05, 0.1) is 9.79 Å². The summed E-state index contributed by atoms with van der Waals surface area (Å²) >= 11 is 1.13. The topological polar surface area (TPSA) is 83.9 Å². The zero-order valence-corrected chi connectivity index (χ0v) is 21.7. The van der Waals surface area contributed by atoms with Gasteiger partial charge in [0, 0.05) is 12.3 Å². The standard InChI is InChI=1S/C23H30N2O4S3/c1-22(2,3)17-7-11-19(12-8-17)31(26,27)24-21-25(15-16-30-21)32(28,29)20-13-9-18(10-14-20)23(4,5)6/h7-14H,15-16H2,1-6H3/b24-21-. The van der Waals surface area contributed by atoms with E-state index in [1.807, 2.05) is 20.8 Å². The first-order valence-corrected chi connectivity index (χ1v) is 14.2. The molecule has 2 aromatic rings. The lowest BCUT2D eigenvalue weighted by molar-refractivity contribution is 0.539. The highest BCUT2D eigenvalue weighted by Crippen LogP contribution is 2.30. The van der Waals surface area contributed by atoms with Crippen molar-refractivity contribution in [2.24, 2.45) is 4.40 Å². The summed E-state index contributed by atoms with van der Waals surface area (Å²) in [6, 6.07) is 13.3. The molecule has 3 rings (SSSR count). The first-order valence-electron chi connectivity index (χ1n) is 10.3. The van der Waals surface area contributed by atoms with Gasteiger partial charge in [-0.3, -0.25) is 0 Å². The van der Waals surface area contributed by atoms with Crippen molar-refractivity contribution >= 4 is 37.0 Å². The van der Waals surface area contributed by atoms with Crippen LogP contribution in [0.25, 0.3) is 0 Å². The van der Waals surface area contributed by atoms with Crippen LogP contribution in [0.1, 0.15) is 52.7 Å². The molecule has 1 aliphatic heterocycles. The number of sulfonamides is 2. The van der Waals surface area contributed by atoms with Crippen LogP contribution in [0.2, 0.25) is 0 Å². The summed E-state index contributed by atoms with van der Waals surface area (Å²) in [4.78, 5) is 0.157. The number of benzene rings is 2. The van der Waals surface area contributed by atoms with Gasteiger partial charge in [-0.05, 0) is 46.2 Å². The Morgan fingerprint density at radius 3 is 1.62 bits per heavy atom. The fourth-order valence-electron chi connectivity index (χ4n) is 3.22. The predicted octanol–water partition coefficient (Wildman–Crippen LogP) is 4.76. The summed E-state index contributed by atoms with van der Waals surface area (Å²) in [7, 11) is -7.96. The maximum atomic E-state index is 13.2. The van der Waals surface area contributed by atoms with Crippen molar-refractivity contribution in [1.82, 2.24) is 4.31 Å². The summed E-state index contributed by atoms with van der Waals surface area (Å²) in [5.74, 6) is 0.441. The lowest BCUT2D eigenvalue weighted by Crippen LogP contribution is -2.32. The Kier molecular flexibility index (Phi) is 6.59. The molecule has 1 heterocycles. The van der Waals surface area contributed by atoms with Crippen LogP contribution < -0.4 is 0 Å². The van der Waals surface area contributed by atoms with Gasteiger partial charge in [0.1, 0.15) is 0 Å². The van der Waals surface area contributed by atoms with E-state index in [0.717, 1.165) is 27.2 Å². The second-order valence-corrected chi connectivity index (χ2v) is 14.4. The molecule has 1 saturated heterocycles. The number of nitrogens with zero attached hydrogens (tertiary/aromatic N) is 2. The van der Waals surface area contributed by atoms with Gasteiger partial charge < -0.3 is 0 Å². The molecular formula is C23H30N2O4S3. The van der Waals surface area contributed by atoms with E-state index in [-0.39, 0.29) is 32.3 Å². The molecule has 174 valence electrons. The molecule has 0 N–H and O–H groups in total. The maximum Gasteiger partial charge on any atom is 0.284 e. The molecule has 6 nitrogen and oxygen atoms in total. The Labute approximate surface area is 196 Å². The van der Waals surface area contributed by atoms with Gasteiger partial charge in [-0.15, -0.1) is 4.40 Å².